The number of aromatic nitrogens is 2. The quantitative estimate of drug-likeness (QED) is 0.809. The van der Waals surface area contributed by atoms with E-state index in [1.807, 2.05) is 24.9 Å². The summed E-state index contributed by atoms with van der Waals surface area (Å²) in [4.78, 5) is 6.36. The molecule has 1 heterocycles. The van der Waals surface area contributed by atoms with Crippen LogP contribution in [-0.4, -0.2) is 16.6 Å². The van der Waals surface area contributed by atoms with Gasteiger partial charge in [0, 0.05) is 37.5 Å². The SMILES string of the molecule is CN(Cc1nccn1C)c1ccc(F)cc1CBr. The van der Waals surface area contributed by atoms with Gasteiger partial charge in [-0.1, -0.05) is 15.9 Å². The summed E-state index contributed by atoms with van der Waals surface area (Å²) < 4.78 is 15.2. The monoisotopic (exact) mass is 311 g/mol. The summed E-state index contributed by atoms with van der Waals surface area (Å²) >= 11 is 3.39. The zero-order chi connectivity index (χ0) is 13.1. The molecule has 0 N–H and O–H groups in total. The topological polar surface area (TPSA) is 21.1 Å². The van der Waals surface area contributed by atoms with Crippen LogP contribution >= 0.6 is 15.9 Å². The van der Waals surface area contributed by atoms with E-state index in [-0.39, 0.29) is 5.82 Å². The summed E-state index contributed by atoms with van der Waals surface area (Å²) in [6, 6.07) is 4.84. The van der Waals surface area contributed by atoms with Crippen molar-refractivity contribution in [2.45, 2.75) is 11.9 Å². The average molecular weight is 312 g/mol. The fourth-order valence-electron chi connectivity index (χ4n) is 1.88. The molecule has 0 aliphatic rings. The number of nitrogens with zero attached hydrogens (tertiary/aromatic N) is 3. The van der Waals surface area contributed by atoms with E-state index < -0.39 is 0 Å². The molecule has 0 aliphatic heterocycles. The van der Waals surface area contributed by atoms with Crippen molar-refractivity contribution in [3.63, 3.8) is 0 Å². The van der Waals surface area contributed by atoms with Crippen molar-refractivity contribution in [3.8, 4) is 0 Å². The van der Waals surface area contributed by atoms with E-state index in [2.05, 4.69) is 25.8 Å². The molecule has 0 saturated heterocycles. The summed E-state index contributed by atoms with van der Waals surface area (Å²) in [5.41, 5.74) is 1.95. The summed E-state index contributed by atoms with van der Waals surface area (Å²) in [5.74, 6) is 0.765. The molecule has 0 saturated carbocycles. The third kappa shape index (κ3) is 2.72. The van der Waals surface area contributed by atoms with E-state index >= 15 is 0 Å². The maximum absolute atomic E-state index is 13.2. The second kappa shape index (κ2) is 5.52. The molecule has 3 nitrogen and oxygen atoms in total. The van der Waals surface area contributed by atoms with Crippen molar-refractivity contribution in [2.75, 3.05) is 11.9 Å². The molecule has 0 bridgehead atoms. The molecule has 18 heavy (non-hydrogen) atoms. The Balaban J connectivity index is 2.23. The van der Waals surface area contributed by atoms with Crippen LogP contribution in [0.4, 0.5) is 10.1 Å². The number of benzene rings is 1. The minimum Gasteiger partial charge on any atom is -0.367 e. The minimum absolute atomic E-state index is 0.210. The fourth-order valence-corrected chi connectivity index (χ4v) is 2.33. The summed E-state index contributed by atoms with van der Waals surface area (Å²) in [5, 5.41) is 0.630. The fraction of sp³-hybridized carbons (Fsp3) is 0.308. The van der Waals surface area contributed by atoms with E-state index in [0.717, 1.165) is 17.1 Å². The lowest BCUT2D eigenvalue weighted by atomic mass is 10.2. The van der Waals surface area contributed by atoms with E-state index in [1.165, 1.54) is 6.07 Å². The minimum atomic E-state index is -0.210. The number of hydrogen-bond donors (Lipinski definition) is 0. The van der Waals surface area contributed by atoms with Gasteiger partial charge in [-0.2, -0.15) is 0 Å². The van der Waals surface area contributed by atoms with Crippen LogP contribution in [0.1, 0.15) is 11.4 Å². The molecule has 0 fully saturated rings. The highest BCUT2D eigenvalue weighted by molar-refractivity contribution is 9.08. The van der Waals surface area contributed by atoms with Crippen LogP contribution in [0.25, 0.3) is 0 Å². The second-order valence-corrected chi connectivity index (χ2v) is 4.78. The molecule has 1 aromatic heterocycles. The Hall–Kier alpha value is -1.36. The van der Waals surface area contributed by atoms with Gasteiger partial charge in [-0.15, -0.1) is 0 Å². The van der Waals surface area contributed by atoms with Crippen molar-refractivity contribution in [2.24, 2.45) is 7.05 Å². The summed E-state index contributed by atoms with van der Waals surface area (Å²) in [6.07, 6.45) is 3.69. The van der Waals surface area contributed by atoms with Gasteiger partial charge in [0.2, 0.25) is 0 Å². The van der Waals surface area contributed by atoms with Gasteiger partial charge >= 0.3 is 0 Å². The van der Waals surface area contributed by atoms with Crippen LogP contribution in [0.3, 0.4) is 0 Å². The summed E-state index contributed by atoms with van der Waals surface area (Å²) in [7, 11) is 3.94. The van der Waals surface area contributed by atoms with Gasteiger partial charge in [0.15, 0.2) is 0 Å². The predicted octanol–water partition coefficient (Wildman–Crippen LogP) is 3.09. The number of anilines is 1. The zero-order valence-corrected chi connectivity index (χ0v) is 12.0. The molecule has 0 radical (unpaired) electrons. The van der Waals surface area contributed by atoms with Crippen LogP contribution in [0, 0.1) is 5.82 Å². The smallest absolute Gasteiger partial charge is 0.127 e. The maximum atomic E-state index is 13.2. The van der Waals surface area contributed by atoms with Crippen LogP contribution in [0.5, 0.6) is 0 Å². The Labute approximate surface area is 114 Å². The highest BCUT2D eigenvalue weighted by atomic mass is 79.9. The first-order chi connectivity index (χ1) is 8.61. The number of hydrogen-bond acceptors (Lipinski definition) is 2. The predicted molar refractivity (Wildman–Crippen MR) is 74.3 cm³/mol. The molecule has 0 aliphatic carbocycles. The van der Waals surface area contributed by atoms with E-state index in [1.54, 1.807) is 18.3 Å². The van der Waals surface area contributed by atoms with Gasteiger partial charge in [-0.05, 0) is 23.8 Å². The average Bonchev–Trinajstić information content (AvgIpc) is 2.74. The molecule has 2 aromatic rings. The number of rotatable bonds is 4. The maximum Gasteiger partial charge on any atom is 0.127 e. The Morgan fingerprint density at radius 1 is 1.44 bits per heavy atom. The van der Waals surface area contributed by atoms with Crippen LogP contribution < -0.4 is 4.90 Å². The molecule has 0 amide bonds. The third-order valence-corrected chi connectivity index (χ3v) is 3.50. The Morgan fingerprint density at radius 3 is 2.83 bits per heavy atom. The van der Waals surface area contributed by atoms with Crippen molar-refractivity contribution < 1.29 is 4.39 Å². The number of halogens is 2. The van der Waals surface area contributed by atoms with Gasteiger partial charge in [0.25, 0.3) is 0 Å². The Morgan fingerprint density at radius 2 is 2.22 bits per heavy atom. The van der Waals surface area contributed by atoms with Crippen LogP contribution in [0.2, 0.25) is 0 Å². The van der Waals surface area contributed by atoms with E-state index in [0.29, 0.717) is 11.9 Å². The van der Waals surface area contributed by atoms with Crippen molar-refractivity contribution in [3.05, 3.63) is 47.8 Å². The largest absolute Gasteiger partial charge is 0.367 e. The molecular formula is C13H15BrFN3. The second-order valence-electron chi connectivity index (χ2n) is 4.22. The number of alkyl halides is 1. The van der Waals surface area contributed by atoms with Crippen LogP contribution in [0.15, 0.2) is 30.6 Å². The first-order valence-corrected chi connectivity index (χ1v) is 6.75. The molecule has 0 spiro atoms. The van der Waals surface area contributed by atoms with Gasteiger partial charge in [0.1, 0.15) is 11.6 Å². The van der Waals surface area contributed by atoms with Crippen molar-refractivity contribution >= 4 is 21.6 Å². The first-order valence-electron chi connectivity index (χ1n) is 5.63. The normalized spacial score (nSPS) is 10.7. The van der Waals surface area contributed by atoms with Gasteiger partial charge in [-0.25, -0.2) is 9.37 Å². The lowest BCUT2D eigenvalue weighted by Crippen LogP contribution is -2.20. The van der Waals surface area contributed by atoms with Crippen LogP contribution in [-0.2, 0) is 18.9 Å². The standard InChI is InChI=1S/C13H15BrFN3/c1-17-6-5-16-13(17)9-18(2)12-4-3-11(15)7-10(12)8-14/h3-7H,8-9H2,1-2H3. The van der Waals surface area contributed by atoms with E-state index in [9.17, 15) is 4.39 Å². The molecule has 96 valence electrons. The number of aryl methyl sites for hydroxylation is 1. The van der Waals surface area contributed by atoms with Crippen molar-refractivity contribution in [1.82, 2.24) is 9.55 Å². The lowest BCUT2D eigenvalue weighted by molar-refractivity contribution is 0.626. The third-order valence-electron chi connectivity index (χ3n) is 2.90. The first kappa shape index (κ1) is 13.1. The lowest BCUT2D eigenvalue weighted by Gasteiger charge is -2.21. The van der Waals surface area contributed by atoms with Gasteiger partial charge in [-0.3, -0.25) is 0 Å². The highest BCUT2D eigenvalue weighted by Gasteiger charge is 2.10. The van der Waals surface area contributed by atoms with Gasteiger partial charge < -0.3 is 9.47 Å². The number of imidazole rings is 1. The van der Waals surface area contributed by atoms with Crippen molar-refractivity contribution in [1.29, 1.82) is 0 Å². The van der Waals surface area contributed by atoms with Gasteiger partial charge in [0.05, 0.1) is 6.54 Å². The molecular weight excluding hydrogens is 297 g/mol. The molecule has 2 rings (SSSR count). The Kier molecular flexibility index (Phi) is 4.01. The highest BCUT2D eigenvalue weighted by Crippen LogP contribution is 2.24. The van der Waals surface area contributed by atoms with E-state index in [4.69, 9.17) is 0 Å². The summed E-state index contributed by atoms with van der Waals surface area (Å²) in [6.45, 7) is 0.690. The molecule has 0 atom stereocenters. The molecule has 1 aromatic carbocycles. The molecule has 5 heteroatoms. The molecule has 0 unspecified atom stereocenters. The zero-order valence-electron chi connectivity index (χ0n) is 10.4. The Bertz CT molecular complexity index is 539.